The topological polar surface area (TPSA) is 49.3 Å². The molecule has 2 rings (SSSR count). The predicted octanol–water partition coefficient (Wildman–Crippen LogP) is 3.04. The van der Waals surface area contributed by atoms with E-state index in [-0.39, 0.29) is 18.6 Å². The highest BCUT2D eigenvalue weighted by molar-refractivity contribution is 6.30. The smallest absolute Gasteiger partial charge is 0.230 e. The fourth-order valence-corrected chi connectivity index (χ4v) is 3.10. The molecule has 1 aromatic carbocycles. The van der Waals surface area contributed by atoms with E-state index < -0.39 is 5.41 Å². The van der Waals surface area contributed by atoms with Crippen molar-refractivity contribution in [2.24, 2.45) is 0 Å². The lowest BCUT2D eigenvalue weighted by Gasteiger charge is -2.37. The molecule has 20 heavy (non-hydrogen) atoms. The number of benzene rings is 1. The van der Waals surface area contributed by atoms with Gasteiger partial charge >= 0.3 is 0 Å². The second-order valence-corrected chi connectivity index (χ2v) is 6.14. The van der Waals surface area contributed by atoms with Gasteiger partial charge in [-0.1, -0.05) is 43.0 Å². The first kappa shape index (κ1) is 15.3. The molecule has 0 radical (unpaired) electrons. The largest absolute Gasteiger partial charge is 0.394 e. The van der Waals surface area contributed by atoms with Gasteiger partial charge in [0.05, 0.1) is 12.0 Å². The summed E-state index contributed by atoms with van der Waals surface area (Å²) in [7, 11) is 0. The minimum atomic E-state index is -0.466. The van der Waals surface area contributed by atoms with Gasteiger partial charge in [-0.15, -0.1) is 0 Å². The van der Waals surface area contributed by atoms with E-state index >= 15 is 0 Å². The lowest BCUT2D eigenvalue weighted by Crippen LogP contribution is -2.49. The zero-order valence-corrected chi connectivity index (χ0v) is 12.6. The van der Waals surface area contributed by atoms with Gasteiger partial charge in [0.2, 0.25) is 5.91 Å². The van der Waals surface area contributed by atoms with Gasteiger partial charge in [0.1, 0.15) is 0 Å². The third kappa shape index (κ3) is 3.15. The Labute approximate surface area is 125 Å². The lowest BCUT2D eigenvalue weighted by molar-refractivity contribution is -0.129. The number of carbonyl (C=O) groups is 1. The molecule has 1 aromatic rings. The number of carbonyl (C=O) groups excluding carboxylic acids is 1. The monoisotopic (exact) mass is 295 g/mol. The molecular weight excluding hydrogens is 274 g/mol. The maximum Gasteiger partial charge on any atom is 0.230 e. The minimum absolute atomic E-state index is 0.0288. The first-order valence-corrected chi connectivity index (χ1v) is 7.64. The molecule has 1 unspecified atom stereocenters. The van der Waals surface area contributed by atoms with Crippen LogP contribution in [0.4, 0.5) is 0 Å². The maximum absolute atomic E-state index is 12.7. The summed E-state index contributed by atoms with van der Waals surface area (Å²) in [4.78, 5) is 12.7. The quantitative estimate of drug-likeness (QED) is 0.897. The third-order valence-corrected chi connectivity index (χ3v) is 4.44. The van der Waals surface area contributed by atoms with Crippen molar-refractivity contribution in [1.29, 1.82) is 0 Å². The van der Waals surface area contributed by atoms with Crippen LogP contribution in [-0.4, -0.2) is 23.7 Å². The molecule has 4 heteroatoms. The van der Waals surface area contributed by atoms with Crippen LogP contribution in [0.2, 0.25) is 5.02 Å². The van der Waals surface area contributed by atoms with Gasteiger partial charge < -0.3 is 10.4 Å². The standard InChI is InChI=1S/C16H22ClNO2/c1-12(11-19)18-15(20)16(9-3-2-4-10-16)13-5-7-14(17)8-6-13/h5-8,12,19H,2-4,9-11H2,1H3,(H,18,20). The van der Waals surface area contributed by atoms with E-state index in [4.69, 9.17) is 16.7 Å². The van der Waals surface area contributed by atoms with Gasteiger partial charge in [0, 0.05) is 11.1 Å². The first-order valence-electron chi connectivity index (χ1n) is 7.26. The molecule has 1 atom stereocenters. The molecule has 1 aliphatic carbocycles. The van der Waals surface area contributed by atoms with Crippen molar-refractivity contribution < 1.29 is 9.90 Å². The van der Waals surface area contributed by atoms with Crippen LogP contribution in [-0.2, 0) is 10.2 Å². The molecule has 2 N–H and O–H groups in total. The summed E-state index contributed by atoms with van der Waals surface area (Å²) in [6.07, 6.45) is 5.02. The summed E-state index contributed by atoms with van der Waals surface area (Å²) in [5.74, 6) is 0.0288. The fourth-order valence-electron chi connectivity index (χ4n) is 2.98. The molecule has 110 valence electrons. The lowest BCUT2D eigenvalue weighted by atomic mass is 9.68. The first-order chi connectivity index (χ1) is 9.58. The Hall–Kier alpha value is -1.06. The number of rotatable bonds is 4. The molecule has 0 aliphatic heterocycles. The molecule has 0 heterocycles. The van der Waals surface area contributed by atoms with E-state index in [1.54, 1.807) is 0 Å². The van der Waals surface area contributed by atoms with E-state index in [1.165, 1.54) is 6.42 Å². The van der Waals surface area contributed by atoms with Crippen molar-refractivity contribution in [1.82, 2.24) is 5.32 Å². The van der Waals surface area contributed by atoms with Crippen LogP contribution >= 0.6 is 11.6 Å². The summed E-state index contributed by atoms with van der Waals surface area (Å²) >= 11 is 5.95. The number of amides is 1. The summed E-state index contributed by atoms with van der Waals surface area (Å²) in [5.41, 5.74) is 0.566. The number of aliphatic hydroxyl groups excluding tert-OH is 1. The van der Waals surface area contributed by atoms with E-state index in [1.807, 2.05) is 31.2 Å². The Morgan fingerprint density at radius 3 is 2.45 bits per heavy atom. The van der Waals surface area contributed by atoms with Gasteiger partial charge in [-0.05, 0) is 37.5 Å². The second kappa shape index (κ2) is 6.59. The Bertz CT molecular complexity index is 452. The van der Waals surface area contributed by atoms with Crippen molar-refractivity contribution >= 4 is 17.5 Å². The zero-order chi connectivity index (χ0) is 14.6. The van der Waals surface area contributed by atoms with Gasteiger partial charge in [-0.3, -0.25) is 4.79 Å². The average molecular weight is 296 g/mol. The fraction of sp³-hybridized carbons (Fsp3) is 0.562. The molecule has 3 nitrogen and oxygen atoms in total. The van der Waals surface area contributed by atoms with Gasteiger partial charge in [0.25, 0.3) is 0 Å². The van der Waals surface area contributed by atoms with Gasteiger partial charge in [0.15, 0.2) is 0 Å². The summed E-state index contributed by atoms with van der Waals surface area (Å²) in [6, 6.07) is 7.38. The Kier molecular flexibility index (Phi) is 5.06. The summed E-state index contributed by atoms with van der Waals surface area (Å²) in [5, 5.41) is 12.8. The average Bonchev–Trinajstić information content (AvgIpc) is 2.48. The van der Waals surface area contributed by atoms with Gasteiger partial charge in [-0.2, -0.15) is 0 Å². The molecule has 1 fully saturated rings. The molecule has 1 amide bonds. The van der Waals surface area contributed by atoms with Crippen LogP contribution in [0.1, 0.15) is 44.6 Å². The van der Waals surface area contributed by atoms with Crippen LogP contribution in [0.3, 0.4) is 0 Å². The van der Waals surface area contributed by atoms with Crippen LogP contribution in [0.5, 0.6) is 0 Å². The van der Waals surface area contributed by atoms with E-state index in [0.717, 1.165) is 31.2 Å². The molecule has 0 spiro atoms. The summed E-state index contributed by atoms with van der Waals surface area (Å²) < 4.78 is 0. The van der Waals surface area contributed by atoms with E-state index in [0.29, 0.717) is 5.02 Å². The Morgan fingerprint density at radius 2 is 1.90 bits per heavy atom. The predicted molar refractivity (Wildman–Crippen MR) is 80.9 cm³/mol. The van der Waals surface area contributed by atoms with Crippen molar-refractivity contribution in [3.05, 3.63) is 34.9 Å². The SMILES string of the molecule is CC(CO)NC(=O)C1(c2ccc(Cl)cc2)CCCCC1. The van der Waals surface area contributed by atoms with Crippen LogP contribution in [0.25, 0.3) is 0 Å². The van der Waals surface area contributed by atoms with Crippen molar-refractivity contribution in [2.75, 3.05) is 6.61 Å². The number of nitrogens with one attached hydrogen (secondary N) is 1. The highest BCUT2D eigenvalue weighted by Crippen LogP contribution is 2.40. The zero-order valence-electron chi connectivity index (χ0n) is 11.9. The highest BCUT2D eigenvalue weighted by atomic mass is 35.5. The highest BCUT2D eigenvalue weighted by Gasteiger charge is 2.41. The number of hydrogen-bond donors (Lipinski definition) is 2. The van der Waals surface area contributed by atoms with Crippen molar-refractivity contribution in [3.8, 4) is 0 Å². The normalized spacial score (nSPS) is 19.4. The van der Waals surface area contributed by atoms with E-state index in [2.05, 4.69) is 5.32 Å². The molecule has 1 saturated carbocycles. The Morgan fingerprint density at radius 1 is 1.30 bits per heavy atom. The minimum Gasteiger partial charge on any atom is -0.394 e. The molecule has 1 aliphatic rings. The molecule has 0 bridgehead atoms. The third-order valence-electron chi connectivity index (χ3n) is 4.19. The number of aliphatic hydroxyl groups is 1. The molecule has 0 aromatic heterocycles. The van der Waals surface area contributed by atoms with Crippen LogP contribution < -0.4 is 5.32 Å². The van der Waals surface area contributed by atoms with Crippen LogP contribution in [0, 0.1) is 0 Å². The van der Waals surface area contributed by atoms with Crippen molar-refractivity contribution in [3.63, 3.8) is 0 Å². The number of hydrogen-bond acceptors (Lipinski definition) is 2. The maximum atomic E-state index is 12.7. The summed E-state index contributed by atoms with van der Waals surface area (Å²) in [6.45, 7) is 1.78. The Balaban J connectivity index is 2.29. The van der Waals surface area contributed by atoms with E-state index in [9.17, 15) is 4.79 Å². The van der Waals surface area contributed by atoms with Gasteiger partial charge in [-0.25, -0.2) is 0 Å². The molecule has 0 saturated heterocycles. The van der Waals surface area contributed by atoms with Crippen LogP contribution in [0.15, 0.2) is 24.3 Å². The van der Waals surface area contributed by atoms with Crippen molar-refractivity contribution in [2.45, 2.75) is 50.5 Å². The second-order valence-electron chi connectivity index (χ2n) is 5.71. The number of halogens is 1. The molecular formula is C16H22ClNO2.